The largest absolute Gasteiger partial charge is 0.330 e. The van der Waals surface area contributed by atoms with Crippen LogP contribution in [0, 0.1) is 11.7 Å². The molecule has 0 aliphatic carbocycles. The highest BCUT2D eigenvalue weighted by Crippen LogP contribution is 2.21. The summed E-state index contributed by atoms with van der Waals surface area (Å²) in [5, 5.41) is 3.15. The summed E-state index contributed by atoms with van der Waals surface area (Å²) in [5.74, 6) is 0.0915. The van der Waals surface area contributed by atoms with Crippen molar-refractivity contribution in [3.05, 3.63) is 35.6 Å². The Bertz CT molecular complexity index is 288. The first-order chi connectivity index (χ1) is 6.69. The van der Waals surface area contributed by atoms with Crippen LogP contribution in [0.4, 0.5) is 4.39 Å². The van der Waals surface area contributed by atoms with Gasteiger partial charge in [-0.2, -0.15) is 0 Å². The van der Waals surface area contributed by atoms with Crippen LogP contribution in [0.3, 0.4) is 0 Å². The average molecular weight is 196 g/mol. The van der Waals surface area contributed by atoms with E-state index in [-0.39, 0.29) is 11.9 Å². The van der Waals surface area contributed by atoms with Gasteiger partial charge in [0.05, 0.1) is 0 Å². The Labute approximate surface area is 84.3 Å². The number of rotatable bonds is 4. The van der Waals surface area contributed by atoms with Crippen molar-refractivity contribution in [2.24, 2.45) is 11.7 Å². The highest BCUT2D eigenvalue weighted by molar-refractivity contribution is 5.20. The normalized spacial score (nSPS) is 15.1. The number of nitrogens with one attached hydrogen (secondary N) is 1. The van der Waals surface area contributed by atoms with Gasteiger partial charge in [0.25, 0.3) is 0 Å². The lowest BCUT2D eigenvalue weighted by Gasteiger charge is -2.22. The molecular formula is C11H17FN2. The third-order valence-electron chi connectivity index (χ3n) is 2.46. The van der Waals surface area contributed by atoms with Crippen molar-refractivity contribution >= 4 is 0 Å². The molecule has 3 heteroatoms. The molecule has 1 aromatic rings. The number of halogens is 1. The van der Waals surface area contributed by atoms with Gasteiger partial charge in [0.1, 0.15) is 5.82 Å². The molecule has 3 N–H and O–H groups in total. The van der Waals surface area contributed by atoms with Gasteiger partial charge in [-0.15, -0.1) is 0 Å². The lowest BCUT2D eigenvalue weighted by molar-refractivity contribution is 0.418. The molecule has 2 atom stereocenters. The Morgan fingerprint density at radius 3 is 2.71 bits per heavy atom. The van der Waals surface area contributed by atoms with Crippen LogP contribution in [0.1, 0.15) is 18.5 Å². The van der Waals surface area contributed by atoms with Gasteiger partial charge >= 0.3 is 0 Å². The molecule has 0 spiro atoms. The first kappa shape index (κ1) is 11.1. The maximum Gasteiger partial charge on any atom is 0.123 e. The fourth-order valence-electron chi connectivity index (χ4n) is 1.62. The number of nitrogens with two attached hydrogens (primary N) is 1. The lowest BCUT2D eigenvalue weighted by Crippen LogP contribution is -2.28. The van der Waals surface area contributed by atoms with Gasteiger partial charge in [-0.1, -0.05) is 19.1 Å². The van der Waals surface area contributed by atoms with Crippen LogP contribution in [-0.2, 0) is 0 Å². The van der Waals surface area contributed by atoms with Gasteiger partial charge in [0, 0.05) is 6.04 Å². The minimum atomic E-state index is -0.202. The van der Waals surface area contributed by atoms with Crippen LogP contribution >= 0.6 is 0 Å². The molecule has 0 saturated heterocycles. The maximum absolute atomic E-state index is 13.0. The zero-order valence-corrected chi connectivity index (χ0v) is 8.63. The van der Waals surface area contributed by atoms with Crippen molar-refractivity contribution < 1.29 is 4.39 Å². The second-order valence-electron chi connectivity index (χ2n) is 3.53. The first-order valence-corrected chi connectivity index (χ1v) is 4.81. The molecule has 0 amide bonds. The van der Waals surface area contributed by atoms with Crippen LogP contribution in [-0.4, -0.2) is 13.6 Å². The molecule has 0 bridgehead atoms. The SMILES string of the molecule is CNC(c1cccc(F)c1)C(C)CN. The quantitative estimate of drug-likeness (QED) is 0.769. The molecule has 1 aromatic carbocycles. The minimum Gasteiger partial charge on any atom is -0.330 e. The molecule has 14 heavy (non-hydrogen) atoms. The molecule has 0 aromatic heterocycles. The fraction of sp³-hybridized carbons (Fsp3) is 0.455. The van der Waals surface area contributed by atoms with Crippen LogP contribution in [0.25, 0.3) is 0 Å². The summed E-state index contributed by atoms with van der Waals surface area (Å²) < 4.78 is 13.0. The standard InChI is InChI=1S/C11H17FN2/c1-8(7-13)11(14-2)9-4-3-5-10(12)6-9/h3-6,8,11,14H,7,13H2,1-2H3. The van der Waals surface area contributed by atoms with Crippen molar-refractivity contribution in [3.8, 4) is 0 Å². The first-order valence-electron chi connectivity index (χ1n) is 4.81. The molecule has 2 unspecified atom stereocenters. The summed E-state index contributed by atoms with van der Waals surface area (Å²) in [4.78, 5) is 0. The van der Waals surface area contributed by atoms with Crippen LogP contribution in [0.15, 0.2) is 24.3 Å². The second-order valence-corrected chi connectivity index (χ2v) is 3.53. The van der Waals surface area contributed by atoms with Crippen molar-refractivity contribution in [2.45, 2.75) is 13.0 Å². The minimum absolute atomic E-state index is 0.121. The van der Waals surface area contributed by atoms with Gasteiger partial charge in [0.15, 0.2) is 0 Å². The van der Waals surface area contributed by atoms with E-state index >= 15 is 0 Å². The van der Waals surface area contributed by atoms with Crippen molar-refractivity contribution in [1.29, 1.82) is 0 Å². The summed E-state index contributed by atoms with van der Waals surface area (Å²) in [6.07, 6.45) is 0. The molecule has 78 valence electrons. The third-order valence-corrected chi connectivity index (χ3v) is 2.46. The van der Waals surface area contributed by atoms with Crippen LogP contribution < -0.4 is 11.1 Å². The predicted octanol–water partition coefficient (Wildman–Crippen LogP) is 1.68. The van der Waals surface area contributed by atoms with Crippen molar-refractivity contribution in [1.82, 2.24) is 5.32 Å². The monoisotopic (exact) mass is 196 g/mol. The smallest absolute Gasteiger partial charge is 0.123 e. The van der Waals surface area contributed by atoms with Crippen molar-refractivity contribution in [2.75, 3.05) is 13.6 Å². The van der Waals surface area contributed by atoms with Crippen LogP contribution in [0.5, 0.6) is 0 Å². The van der Waals surface area contributed by atoms with E-state index in [0.29, 0.717) is 12.5 Å². The molecule has 0 fully saturated rings. The zero-order valence-electron chi connectivity index (χ0n) is 8.63. The average Bonchev–Trinajstić information content (AvgIpc) is 2.19. The van der Waals surface area contributed by atoms with E-state index in [1.54, 1.807) is 12.1 Å². The third kappa shape index (κ3) is 2.53. The molecule has 0 heterocycles. The Hall–Kier alpha value is -0.930. The predicted molar refractivity (Wildman–Crippen MR) is 56.4 cm³/mol. The van der Waals surface area contributed by atoms with E-state index in [2.05, 4.69) is 5.32 Å². The highest BCUT2D eigenvalue weighted by Gasteiger charge is 2.16. The molecule has 2 nitrogen and oxygen atoms in total. The van der Waals surface area contributed by atoms with Crippen molar-refractivity contribution in [3.63, 3.8) is 0 Å². The number of hydrogen-bond donors (Lipinski definition) is 2. The van der Waals surface area contributed by atoms with E-state index in [9.17, 15) is 4.39 Å². The molecular weight excluding hydrogens is 179 g/mol. The van der Waals surface area contributed by atoms with Gasteiger partial charge in [-0.25, -0.2) is 4.39 Å². The molecule has 0 saturated carbocycles. The van der Waals surface area contributed by atoms with E-state index in [0.717, 1.165) is 5.56 Å². The summed E-state index contributed by atoms with van der Waals surface area (Å²) in [6, 6.07) is 6.75. The second kappa shape index (κ2) is 5.08. The Balaban J connectivity index is 2.89. The Morgan fingerprint density at radius 2 is 2.21 bits per heavy atom. The summed E-state index contributed by atoms with van der Waals surface area (Å²) in [6.45, 7) is 2.63. The Morgan fingerprint density at radius 1 is 1.50 bits per heavy atom. The Kier molecular flexibility index (Phi) is 4.04. The van der Waals surface area contributed by atoms with Gasteiger partial charge in [0.2, 0.25) is 0 Å². The van der Waals surface area contributed by atoms with Crippen LogP contribution in [0.2, 0.25) is 0 Å². The van der Waals surface area contributed by atoms with E-state index in [1.807, 2.05) is 20.0 Å². The van der Waals surface area contributed by atoms with Gasteiger partial charge in [-0.3, -0.25) is 0 Å². The highest BCUT2D eigenvalue weighted by atomic mass is 19.1. The number of benzene rings is 1. The van der Waals surface area contributed by atoms with E-state index in [1.165, 1.54) is 6.07 Å². The topological polar surface area (TPSA) is 38.0 Å². The maximum atomic E-state index is 13.0. The molecule has 0 aliphatic rings. The lowest BCUT2D eigenvalue weighted by atomic mass is 9.95. The summed E-state index contributed by atoms with van der Waals surface area (Å²) >= 11 is 0. The fourth-order valence-corrected chi connectivity index (χ4v) is 1.62. The zero-order chi connectivity index (χ0) is 10.6. The van der Waals surface area contributed by atoms with Gasteiger partial charge in [-0.05, 0) is 37.2 Å². The molecule has 0 radical (unpaired) electrons. The molecule has 0 aliphatic heterocycles. The van der Waals surface area contributed by atoms with Gasteiger partial charge < -0.3 is 11.1 Å². The van der Waals surface area contributed by atoms with E-state index in [4.69, 9.17) is 5.73 Å². The summed E-state index contributed by atoms with van der Waals surface area (Å²) in [7, 11) is 1.86. The summed E-state index contributed by atoms with van der Waals surface area (Å²) in [5.41, 5.74) is 6.54. The molecule has 1 rings (SSSR count). The number of hydrogen-bond acceptors (Lipinski definition) is 2. The van der Waals surface area contributed by atoms with E-state index < -0.39 is 0 Å².